The Morgan fingerprint density at radius 3 is 2.58 bits per heavy atom. The van der Waals surface area contributed by atoms with E-state index in [-0.39, 0.29) is 0 Å². The first-order chi connectivity index (χ1) is 9.16. The molecule has 1 aliphatic carbocycles. The van der Waals surface area contributed by atoms with Crippen molar-refractivity contribution in [2.45, 2.75) is 65.3 Å². The summed E-state index contributed by atoms with van der Waals surface area (Å²) < 4.78 is 0. The lowest BCUT2D eigenvalue weighted by molar-refractivity contribution is 0.169. The molecule has 1 saturated heterocycles. The minimum atomic E-state index is 0.780. The zero-order valence-corrected chi connectivity index (χ0v) is 13.3. The smallest absolute Gasteiger partial charge is 0.0100 e. The Bertz CT molecular complexity index is 246. The first kappa shape index (κ1) is 15.3. The third-order valence-corrected chi connectivity index (χ3v) is 5.28. The number of likely N-dealkylation sites (tertiary alicyclic amines) is 1. The van der Waals surface area contributed by atoms with Crippen molar-refractivity contribution in [1.82, 2.24) is 10.2 Å². The van der Waals surface area contributed by atoms with Crippen molar-refractivity contribution in [2.75, 3.05) is 26.2 Å². The van der Waals surface area contributed by atoms with Gasteiger partial charge in [0.1, 0.15) is 0 Å². The van der Waals surface area contributed by atoms with Crippen molar-refractivity contribution in [3.63, 3.8) is 0 Å². The topological polar surface area (TPSA) is 15.3 Å². The van der Waals surface area contributed by atoms with Crippen molar-refractivity contribution in [2.24, 2.45) is 17.8 Å². The van der Waals surface area contributed by atoms with Crippen LogP contribution in [0.2, 0.25) is 0 Å². The molecule has 3 unspecified atom stereocenters. The highest BCUT2D eigenvalue weighted by Crippen LogP contribution is 2.33. The number of nitrogens with one attached hydrogen (secondary N) is 1. The molecule has 0 amide bonds. The summed E-state index contributed by atoms with van der Waals surface area (Å²) in [5.41, 5.74) is 0. The molecule has 1 heterocycles. The van der Waals surface area contributed by atoms with Crippen LogP contribution in [-0.2, 0) is 0 Å². The van der Waals surface area contributed by atoms with Crippen LogP contribution < -0.4 is 5.32 Å². The quantitative estimate of drug-likeness (QED) is 0.740. The second-order valence-corrected chi connectivity index (χ2v) is 7.29. The highest BCUT2D eigenvalue weighted by Gasteiger charge is 2.29. The van der Waals surface area contributed by atoms with Crippen molar-refractivity contribution >= 4 is 0 Å². The molecule has 1 aliphatic heterocycles. The van der Waals surface area contributed by atoms with Gasteiger partial charge < -0.3 is 10.2 Å². The van der Waals surface area contributed by atoms with E-state index in [1.54, 1.807) is 0 Å². The van der Waals surface area contributed by atoms with Gasteiger partial charge in [-0.05, 0) is 76.0 Å². The molecule has 2 heteroatoms. The molecule has 2 fully saturated rings. The lowest BCUT2D eigenvalue weighted by Crippen LogP contribution is -2.43. The van der Waals surface area contributed by atoms with Crippen LogP contribution in [0.25, 0.3) is 0 Å². The molecule has 1 saturated carbocycles. The summed E-state index contributed by atoms with van der Waals surface area (Å²) in [5.74, 6) is 2.66. The maximum atomic E-state index is 3.88. The minimum Gasteiger partial charge on any atom is -0.314 e. The number of hydrogen-bond donors (Lipinski definition) is 1. The zero-order chi connectivity index (χ0) is 13.7. The van der Waals surface area contributed by atoms with Gasteiger partial charge in [0.05, 0.1) is 0 Å². The van der Waals surface area contributed by atoms with Gasteiger partial charge in [-0.3, -0.25) is 0 Å². The number of nitrogens with zero attached hydrogens (tertiary/aromatic N) is 1. The largest absolute Gasteiger partial charge is 0.314 e. The second kappa shape index (κ2) is 7.64. The molecule has 0 spiro atoms. The summed E-state index contributed by atoms with van der Waals surface area (Å²) in [4.78, 5) is 2.63. The normalized spacial score (nSPS) is 33.2. The average Bonchev–Trinajstić information content (AvgIpc) is 2.87. The average molecular weight is 266 g/mol. The van der Waals surface area contributed by atoms with Gasteiger partial charge in [0.15, 0.2) is 0 Å². The first-order valence-corrected chi connectivity index (χ1v) is 8.62. The van der Waals surface area contributed by atoms with E-state index >= 15 is 0 Å². The molecule has 1 N–H and O–H groups in total. The van der Waals surface area contributed by atoms with Crippen molar-refractivity contribution < 1.29 is 0 Å². The Kier molecular flexibility index (Phi) is 6.15. The highest BCUT2D eigenvalue weighted by atomic mass is 15.1. The summed E-state index contributed by atoms with van der Waals surface area (Å²) in [5, 5.41) is 3.88. The summed E-state index contributed by atoms with van der Waals surface area (Å²) in [6, 6.07) is 0.780. The predicted octanol–water partition coefficient (Wildman–Crippen LogP) is 3.52. The Balaban J connectivity index is 1.66. The van der Waals surface area contributed by atoms with E-state index in [1.807, 2.05) is 0 Å². The summed E-state index contributed by atoms with van der Waals surface area (Å²) in [6.07, 6.45) is 8.44. The van der Waals surface area contributed by atoms with Crippen molar-refractivity contribution in [3.05, 3.63) is 0 Å². The van der Waals surface area contributed by atoms with Crippen LogP contribution >= 0.6 is 0 Å². The van der Waals surface area contributed by atoms with Gasteiger partial charge in [-0.1, -0.05) is 27.2 Å². The maximum absolute atomic E-state index is 3.88. The fourth-order valence-corrected chi connectivity index (χ4v) is 4.03. The fourth-order valence-electron chi connectivity index (χ4n) is 4.03. The van der Waals surface area contributed by atoms with Crippen LogP contribution in [-0.4, -0.2) is 37.1 Å². The maximum Gasteiger partial charge on any atom is 0.0100 e. The van der Waals surface area contributed by atoms with Gasteiger partial charge in [0.2, 0.25) is 0 Å². The Labute approximate surface area is 120 Å². The summed E-state index contributed by atoms with van der Waals surface area (Å²) >= 11 is 0. The molecule has 2 rings (SSSR count). The molecule has 0 aromatic heterocycles. The Morgan fingerprint density at radius 2 is 1.89 bits per heavy atom. The minimum absolute atomic E-state index is 0.780. The van der Waals surface area contributed by atoms with Gasteiger partial charge in [-0.25, -0.2) is 0 Å². The Hall–Kier alpha value is -0.0800. The van der Waals surface area contributed by atoms with Gasteiger partial charge in [-0.15, -0.1) is 0 Å². The standard InChI is InChI=1S/C17H34N2/c1-14(2)16-8-7-15(3)13-17(16)18-9-6-12-19-10-4-5-11-19/h14-18H,4-13H2,1-3H3. The molecule has 19 heavy (non-hydrogen) atoms. The lowest BCUT2D eigenvalue weighted by atomic mass is 9.74. The van der Waals surface area contributed by atoms with Crippen LogP contribution in [0.5, 0.6) is 0 Å². The lowest BCUT2D eigenvalue weighted by Gasteiger charge is -2.38. The second-order valence-electron chi connectivity index (χ2n) is 7.29. The van der Waals surface area contributed by atoms with Crippen LogP contribution in [0.15, 0.2) is 0 Å². The van der Waals surface area contributed by atoms with Gasteiger partial charge in [0.25, 0.3) is 0 Å². The third kappa shape index (κ3) is 4.75. The molecule has 2 nitrogen and oxygen atoms in total. The molecule has 0 radical (unpaired) electrons. The van der Waals surface area contributed by atoms with Crippen LogP contribution in [0.3, 0.4) is 0 Å². The molecule has 2 aliphatic rings. The highest BCUT2D eigenvalue weighted by molar-refractivity contribution is 4.85. The summed E-state index contributed by atoms with van der Waals surface area (Å²) in [7, 11) is 0. The molecule has 3 atom stereocenters. The van der Waals surface area contributed by atoms with Crippen LogP contribution in [0, 0.1) is 17.8 Å². The number of hydrogen-bond acceptors (Lipinski definition) is 2. The van der Waals surface area contributed by atoms with Crippen molar-refractivity contribution in [1.29, 1.82) is 0 Å². The predicted molar refractivity (Wildman–Crippen MR) is 83.4 cm³/mol. The van der Waals surface area contributed by atoms with E-state index in [9.17, 15) is 0 Å². The molecule has 112 valence electrons. The monoisotopic (exact) mass is 266 g/mol. The van der Waals surface area contributed by atoms with E-state index < -0.39 is 0 Å². The van der Waals surface area contributed by atoms with Crippen molar-refractivity contribution in [3.8, 4) is 0 Å². The third-order valence-electron chi connectivity index (χ3n) is 5.28. The molecular weight excluding hydrogens is 232 g/mol. The molecule has 0 bridgehead atoms. The zero-order valence-electron chi connectivity index (χ0n) is 13.3. The van der Waals surface area contributed by atoms with Gasteiger partial charge in [-0.2, -0.15) is 0 Å². The molecule has 0 aromatic carbocycles. The van der Waals surface area contributed by atoms with Crippen LogP contribution in [0.1, 0.15) is 59.3 Å². The molecular formula is C17H34N2. The van der Waals surface area contributed by atoms with E-state index in [2.05, 4.69) is 31.0 Å². The van der Waals surface area contributed by atoms with Gasteiger partial charge in [0, 0.05) is 6.04 Å². The molecule has 0 aromatic rings. The SMILES string of the molecule is CC1CCC(C(C)C)C(NCCCN2CCCC2)C1. The van der Waals surface area contributed by atoms with Crippen LogP contribution in [0.4, 0.5) is 0 Å². The van der Waals surface area contributed by atoms with E-state index in [4.69, 9.17) is 0 Å². The fraction of sp³-hybridized carbons (Fsp3) is 1.00. The van der Waals surface area contributed by atoms with E-state index in [0.29, 0.717) is 0 Å². The Morgan fingerprint density at radius 1 is 1.16 bits per heavy atom. The number of rotatable bonds is 6. The van der Waals surface area contributed by atoms with Gasteiger partial charge >= 0.3 is 0 Å². The first-order valence-electron chi connectivity index (χ1n) is 8.62. The van der Waals surface area contributed by atoms with E-state index in [0.717, 1.165) is 23.8 Å². The van der Waals surface area contributed by atoms with E-state index in [1.165, 1.54) is 64.7 Å². The summed E-state index contributed by atoms with van der Waals surface area (Å²) in [6.45, 7) is 12.4.